The number of fused-ring (bicyclic) bond motifs is 1. The first-order chi connectivity index (χ1) is 6.33. The molecule has 1 nitrogen and oxygen atoms in total. The van der Waals surface area contributed by atoms with E-state index in [9.17, 15) is 0 Å². The van der Waals surface area contributed by atoms with Crippen molar-refractivity contribution in [2.75, 3.05) is 0 Å². The van der Waals surface area contributed by atoms with Crippen molar-refractivity contribution in [3.05, 3.63) is 42.0 Å². The van der Waals surface area contributed by atoms with Crippen LogP contribution in [0.25, 0.3) is 10.8 Å². The van der Waals surface area contributed by atoms with Gasteiger partial charge in [0.05, 0.1) is 10.5 Å². The quantitative estimate of drug-likeness (QED) is 0.616. The Labute approximate surface area is 82.0 Å². The summed E-state index contributed by atoms with van der Waals surface area (Å²) in [6, 6.07) is 13.6. The summed E-state index contributed by atoms with van der Waals surface area (Å²) in [6.45, 7) is 0. The van der Waals surface area contributed by atoms with E-state index in [1.165, 1.54) is 0 Å². The zero-order valence-electron chi connectivity index (χ0n) is 6.82. The molecule has 0 fully saturated rings. The zero-order valence-corrected chi connectivity index (χ0v) is 7.64. The Hall–Kier alpha value is -1.59. The van der Waals surface area contributed by atoms with E-state index >= 15 is 0 Å². The van der Waals surface area contributed by atoms with Gasteiger partial charge in [0.25, 0.3) is 0 Å². The molecule has 0 unspecified atom stereocenters. The van der Waals surface area contributed by atoms with Crippen LogP contribution in [0.1, 0.15) is 5.56 Å². The Morgan fingerprint density at radius 3 is 2.62 bits per heavy atom. The van der Waals surface area contributed by atoms with Crippen LogP contribution in [-0.4, -0.2) is 0 Å². The largest absolute Gasteiger partial charge is 0.192 e. The minimum atomic E-state index is 0.578. The fraction of sp³-hybridized carbons (Fsp3) is 0. The van der Waals surface area contributed by atoms with E-state index in [0.29, 0.717) is 10.5 Å². The first-order valence-corrected chi connectivity index (χ1v) is 4.32. The number of benzene rings is 2. The number of nitrogens with zero attached hydrogens (tertiary/aromatic N) is 1. The van der Waals surface area contributed by atoms with Gasteiger partial charge >= 0.3 is 0 Å². The van der Waals surface area contributed by atoms with Crippen molar-refractivity contribution < 1.29 is 0 Å². The second kappa shape index (κ2) is 3.04. The molecule has 0 saturated heterocycles. The smallest absolute Gasteiger partial charge is 0.101 e. The van der Waals surface area contributed by atoms with Crippen molar-refractivity contribution in [1.29, 1.82) is 5.26 Å². The third-order valence-electron chi connectivity index (χ3n) is 2.00. The summed E-state index contributed by atoms with van der Waals surface area (Å²) in [5, 5.41) is 10.8. The fourth-order valence-corrected chi connectivity index (χ4v) is 1.63. The highest BCUT2D eigenvalue weighted by Gasteiger charge is 2.02. The summed E-state index contributed by atoms with van der Waals surface area (Å²) in [4.78, 5) is 0.653. The maximum absolute atomic E-state index is 8.76. The zero-order chi connectivity index (χ0) is 9.26. The third kappa shape index (κ3) is 1.24. The van der Waals surface area contributed by atoms with Gasteiger partial charge in [0.15, 0.2) is 0 Å². The lowest BCUT2D eigenvalue weighted by molar-refractivity contribution is 1.42. The summed E-state index contributed by atoms with van der Waals surface area (Å²) < 4.78 is 0. The van der Waals surface area contributed by atoms with Crippen molar-refractivity contribution in [2.24, 2.45) is 0 Å². The molecule has 0 atom stereocenters. The van der Waals surface area contributed by atoms with E-state index in [1.54, 1.807) is 6.07 Å². The van der Waals surface area contributed by atoms with Crippen LogP contribution in [0.5, 0.6) is 0 Å². The van der Waals surface area contributed by atoms with Gasteiger partial charge in [0, 0.05) is 5.39 Å². The molecule has 2 aromatic carbocycles. The fourth-order valence-electron chi connectivity index (χ4n) is 1.33. The molecule has 13 heavy (non-hydrogen) atoms. The standard InChI is InChI=1S/C11H6NS/c12-7-9-6-5-8-3-1-2-4-10(8)11(9)13/h1-6H. The van der Waals surface area contributed by atoms with Crippen molar-refractivity contribution in [3.8, 4) is 6.07 Å². The highest BCUT2D eigenvalue weighted by molar-refractivity contribution is 7.80. The number of hydrogen-bond acceptors (Lipinski definition) is 1. The summed E-state index contributed by atoms with van der Waals surface area (Å²) in [6.07, 6.45) is 0. The first-order valence-electron chi connectivity index (χ1n) is 3.92. The van der Waals surface area contributed by atoms with Gasteiger partial charge < -0.3 is 0 Å². The van der Waals surface area contributed by atoms with Crippen LogP contribution >= 0.6 is 12.6 Å². The third-order valence-corrected chi connectivity index (χ3v) is 2.44. The number of nitriles is 1. The van der Waals surface area contributed by atoms with Crippen LogP contribution in [-0.2, 0) is 0 Å². The van der Waals surface area contributed by atoms with Crippen molar-refractivity contribution >= 4 is 23.4 Å². The maximum atomic E-state index is 8.76. The molecule has 0 saturated carbocycles. The van der Waals surface area contributed by atoms with Gasteiger partial charge in [0.2, 0.25) is 0 Å². The van der Waals surface area contributed by atoms with Crippen LogP contribution < -0.4 is 0 Å². The highest BCUT2D eigenvalue weighted by atomic mass is 32.1. The average Bonchev–Trinajstić information content (AvgIpc) is 2.19. The van der Waals surface area contributed by atoms with E-state index < -0.39 is 0 Å². The Balaban J connectivity index is 2.89. The predicted octanol–water partition coefficient (Wildman–Crippen LogP) is 3.27. The van der Waals surface area contributed by atoms with Gasteiger partial charge in [-0.3, -0.25) is 0 Å². The normalized spacial score (nSPS) is 9.77. The first kappa shape index (κ1) is 8.03. The van der Waals surface area contributed by atoms with Gasteiger partial charge in [-0.25, -0.2) is 0 Å². The van der Waals surface area contributed by atoms with Crippen LogP contribution in [0.4, 0.5) is 0 Å². The van der Waals surface area contributed by atoms with Crippen LogP contribution in [0, 0.1) is 11.3 Å². The van der Waals surface area contributed by atoms with Gasteiger partial charge in [0.1, 0.15) is 6.07 Å². The van der Waals surface area contributed by atoms with E-state index in [1.807, 2.05) is 30.3 Å². The van der Waals surface area contributed by atoms with E-state index in [-0.39, 0.29) is 0 Å². The average molecular weight is 184 g/mol. The lowest BCUT2D eigenvalue weighted by Crippen LogP contribution is -1.80. The Kier molecular flexibility index (Phi) is 1.88. The van der Waals surface area contributed by atoms with Gasteiger partial charge in [-0.2, -0.15) is 5.26 Å². The number of hydrogen-bond donors (Lipinski definition) is 0. The van der Waals surface area contributed by atoms with E-state index in [0.717, 1.165) is 10.8 Å². The lowest BCUT2D eigenvalue weighted by Gasteiger charge is -2.00. The van der Waals surface area contributed by atoms with E-state index in [4.69, 9.17) is 17.9 Å². The summed E-state index contributed by atoms with van der Waals surface area (Å²) in [5.41, 5.74) is 0.578. The molecule has 0 aliphatic rings. The Bertz CT molecular complexity index is 497. The molecule has 0 heterocycles. The molecule has 0 bridgehead atoms. The predicted molar refractivity (Wildman–Crippen MR) is 54.5 cm³/mol. The molecule has 2 heteroatoms. The van der Waals surface area contributed by atoms with Gasteiger partial charge in [-0.1, -0.05) is 43.0 Å². The molecule has 0 aromatic heterocycles. The lowest BCUT2D eigenvalue weighted by atomic mass is 10.1. The molecule has 0 spiro atoms. The molecule has 1 radical (unpaired) electrons. The molecule has 0 N–H and O–H groups in total. The Morgan fingerprint density at radius 2 is 1.85 bits per heavy atom. The highest BCUT2D eigenvalue weighted by Crippen LogP contribution is 2.24. The summed E-state index contributed by atoms with van der Waals surface area (Å²) >= 11 is 5.17. The molecule has 0 amide bonds. The van der Waals surface area contributed by atoms with Crippen LogP contribution in [0.15, 0.2) is 41.3 Å². The minimum Gasteiger partial charge on any atom is -0.192 e. The molecular formula is C11H6NS. The Morgan fingerprint density at radius 1 is 1.08 bits per heavy atom. The molecule has 0 aliphatic carbocycles. The molecule has 61 valence electrons. The maximum Gasteiger partial charge on any atom is 0.101 e. The molecular weight excluding hydrogens is 178 g/mol. The van der Waals surface area contributed by atoms with Crippen molar-refractivity contribution in [3.63, 3.8) is 0 Å². The second-order valence-electron chi connectivity index (χ2n) is 2.78. The molecule has 0 aliphatic heterocycles. The van der Waals surface area contributed by atoms with Crippen molar-refractivity contribution in [2.45, 2.75) is 4.90 Å². The minimum absolute atomic E-state index is 0.578. The summed E-state index contributed by atoms with van der Waals surface area (Å²) in [5.74, 6) is 0. The second-order valence-corrected chi connectivity index (χ2v) is 3.18. The van der Waals surface area contributed by atoms with E-state index in [2.05, 4.69) is 6.07 Å². The SMILES string of the molecule is N#Cc1ccc2ccccc2c1[S]. The topological polar surface area (TPSA) is 23.8 Å². The number of rotatable bonds is 0. The van der Waals surface area contributed by atoms with Crippen LogP contribution in [0.2, 0.25) is 0 Å². The van der Waals surface area contributed by atoms with Crippen LogP contribution in [0.3, 0.4) is 0 Å². The van der Waals surface area contributed by atoms with Gasteiger partial charge in [-0.15, -0.1) is 0 Å². The summed E-state index contributed by atoms with van der Waals surface area (Å²) in [7, 11) is 0. The monoisotopic (exact) mass is 184 g/mol. The molecule has 2 aromatic rings. The molecule has 2 rings (SSSR count). The van der Waals surface area contributed by atoms with Gasteiger partial charge in [-0.05, 0) is 11.5 Å². The van der Waals surface area contributed by atoms with Crippen molar-refractivity contribution in [1.82, 2.24) is 0 Å².